The van der Waals surface area contributed by atoms with E-state index in [0.717, 1.165) is 0 Å². The molecule has 1 aliphatic heterocycles. The van der Waals surface area contributed by atoms with Gasteiger partial charge in [-0.3, -0.25) is 14.4 Å². The number of hydrogen-bond acceptors (Lipinski definition) is 6. The van der Waals surface area contributed by atoms with Gasteiger partial charge in [-0.1, -0.05) is 0 Å². The van der Waals surface area contributed by atoms with E-state index < -0.39 is 35.9 Å². The molecule has 0 saturated carbocycles. The van der Waals surface area contributed by atoms with Gasteiger partial charge in [0.1, 0.15) is 18.1 Å². The van der Waals surface area contributed by atoms with E-state index in [1.807, 2.05) is 6.26 Å². The number of aliphatic carboxylic acids is 1. The Bertz CT molecular complexity index is 516. The molecule has 1 rings (SSSR count). The van der Waals surface area contributed by atoms with Crippen molar-refractivity contribution < 1.29 is 24.3 Å². The van der Waals surface area contributed by atoms with E-state index in [2.05, 4.69) is 10.6 Å². The molecule has 0 aromatic rings. The molecule has 0 aromatic carbocycles. The standard InChI is InChI=1S/C15H26N4O5S/c1-9(17-12(20)8-16)14(22)19-6-3-4-11(19)13(21)18-10(15(23)24)5-7-25-2/h9-11H,3-8,16H2,1-2H3,(H,17,20)(H,18,21)(H,23,24). The summed E-state index contributed by atoms with van der Waals surface area (Å²) in [5.41, 5.74) is 5.21. The number of carbonyl (C=O) groups is 4. The summed E-state index contributed by atoms with van der Waals surface area (Å²) in [6.07, 6.45) is 3.27. The first-order valence-corrected chi connectivity index (χ1v) is 9.53. The lowest BCUT2D eigenvalue weighted by Gasteiger charge is -2.28. The van der Waals surface area contributed by atoms with Gasteiger partial charge in [0.05, 0.1) is 6.54 Å². The lowest BCUT2D eigenvalue weighted by Crippen LogP contribution is -2.55. The highest BCUT2D eigenvalue weighted by Crippen LogP contribution is 2.19. The van der Waals surface area contributed by atoms with Crippen molar-refractivity contribution in [1.82, 2.24) is 15.5 Å². The molecule has 142 valence electrons. The Labute approximate surface area is 151 Å². The number of nitrogens with one attached hydrogen (secondary N) is 2. The highest BCUT2D eigenvalue weighted by atomic mass is 32.2. The molecule has 5 N–H and O–H groups in total. The number of carboxylic acid groups (broad SMARTS) is 1. The number of thioether (sulfide) groups is 1. The van der Waals surface area contributed by atoms with Gasteiger partial charge in [-0.2, -0.15) is 11.8 Å². The molecule has 25 heavy (non-hydrogen) atoms. The van der Waals surface area contributed by atoms with E-state index >= 15 is 0 Å². The van der Waals surface area contributed by atoms with Crippen molar-refractivity contribution in [3.63, 3.8) is 0 Å². The van der Waals surface area contributed by atoms with E-state index in [0.29, 0.717) is 31.6 Å². The number of hydrogen-bond donors (Lipinski definition) is 4. The van der Waals surface area contributed by atoms with Gasteiger partial charge in [0.2, 0.25) is 17.7 Å². The third-order valence-corrected chi connectivity index (χ3v) is 4.64. The highest BCUT2D eigenvalue weighted by Gasteiger charge is 2.37. The van der Waals surface area contributed by atoms with Crippen molar-refractivity contribution in [2.45, 2.75) is 44.3 Å². The molecule has 0 spiro atoms. The van der Waals surface area contributed by atoms with E-state index in [1.54, 1.807) is 0 Å². The second-order valence-corrected chi connectivity index (χ2v) is 6.85. The van der Waals surface area contributed by atoms with Crippen LogP contribution in [0.1, 0.15) is 26.2 Å². The molecule has 1 saturated heterocycles. The summed E-state index contributed by atoms with van der Waals surface area (Å²) >= 11 is 1.49. The van der Waals surface area contributed by atoms with Crippen LogP contribution in [-0.4, -0.2) is 76.9 Å². The Hall–Kier alpha value is -1.81. The van der Waals surface area contributed by atoms with Crippen molar-refractivity contribution in [3.8, 4) is 0 Å². The lowest BCUT2D eigenvalue weighted by molar-refractivity contribution is -0.144. The minimum absolute atomic E-state index is 0.225. The summed E-state index contributed by atoms with van der Waals surface area (Å²) in [7, 11) is 0. The Morgan fingerprint density at radius 2 is 2.00 bits per heavy atom. The third kappa shape index (κ3) is 6.20. The summed E-state index contributed by atoms with van der Waals surface area (Å²) in [5.74, 6) is -1.80. The van der Waals surface area contributed by atoms with Crippen LogP contribution in [0.15, 0.2) is 0 Å². The van der Waals surface area contributed by atoms with Crippen LogP contribution in [0.5, 0.6) is 0 Å². The molecule has 0 radical (unpaired) electrons. The maximum Gasteiger partial charge on any atom is 0.326 e. The molecular formula is C15H26N4O5S. The fourth-order valence-corrected chi connectivity index (χ4v) is 3.15. The largest absolute Gasteiger partial charge is 0.480 e. The van der Waals surface area contributed by atoms with Gasteiger partial charge in [-0.15, -0.1) is 0 Å². The number of carbonyl (C=O) groups excluding carboxylic acids is 3. The summed E-state index contributed by atoms with van der Waals surface area (Å²) in [6, 6.07) is -2.50. The van der Waals surface area contributed by atoms with Gasteiger partial charge in [0.25, 0.3) is 0 Å². The van der Waals surface area contributed by atoms with Crippen LogP contribution in [-0.2, 0) is 19.2 Å². The summed E-state index contributed by atoms with van der Waals surface area (Å²) in [4.78, 5) is 48.9. The summed E-state index contributed by atoms with van der Waals surface area (Å²) in [6.45, 7) is 1.70. The van der Waals surface area contributed by atoms with Crippen LogP contribution in [0.3, 0.4) is 0 Å². The van der Waals surface area contributed by atoms with Crippen LogP contribution in [0.4, 0.5) is 0 Å². The predicted octanol–water partition coefficient (Wildman–Crippen LogP) is -1.24. The first kappa shape index (κ1) is 21.2. The van der Waals surface area contributed by atoms with Gasteiger partial charge in [-0.05, 0) is 38.2 Å². The van der Waals surface area contributed by atoms with Gasteiger partial charge >= 0.3 is 5.97 Å². The zero-order valence-corrected chi connectivity index (χ0v) is 15.3. The topological polar surface area (TPSA) is 142 Å². The Morgan fingerprint density at radius 1 is 1.32 bits per heavy atom. The molecule has 1 fully saturated rings. The predicted molar refractivity (Wildman–Crippen MR) is 94.0 cm³/mol. The molecule has 0 bridgehead atoms. The highest BCUT2D eigenvalue weighted by molar-refractivity contribution is 7.98. The van der Waals surface area contributed by atoms with Gasteiger partial charge in [0.15, 0.2) is 0 Å². The van der Waals surface area contributed by atoms with E-state index in [4.69, 9.17) is 5.73 Å². The van der Waals surface area contributed by atoms with E-state index in [9.17, 15) is 24.3 Å². The second-order valence-electron chi connectivity index (χ2n) is 5.86. The molecule has 3 atom stereocenters. The molecule has 3 amide bonds. The Kier molecular flexibility index (Phi) is 8.70. The number of nitrogens with zero attached hydrogens (tertiary/aromatic N) is 1. The van der Waals surface area contributed by atoms with Crippen molar-refractivity contribution in [3.05, 3.63) is 0 Å². The van der Waals surface area contributed by atoms with Crippen LogP contribution < -0.4 is 16.4 Å². The monoisotopic (exact) mass is 374 g/mol. The van der Waals surface area contributed by atoms with Crippen LogP contribution in [0.25, 0.3) is 0 Å². The van der Waals surface area contributed by atoms with Crippen molar-refractivity contribution >= 4 is 35.5 Å². The number of carboxylic acids is 1. The zero-order chi connectivity index (χ0) is 19.0. The van der Waals surface area contributed by atoms with Crippen molar-refractivity contribution in [1.29, 1.82) is 0 Å². The molecule has 9 nitrogen and oxygen atoms in total. The van der Waals surface area contributed by atoms with E-state index in [-0.39, 0.29) is 12.5 Å². The Morgan fingerprint density at radius 3 is 2.56 bits per heavy atom. The van der Waals surface area contributed by atoms with Gasteiger partial charge < -0.3 is 26.4 Å². The molecule has 1 aliphatic rings. The first-order chi connectivity index (χ1) is 11.8. The number of rotatable bonds is 9. The minimum Gasteiger partial charge on any atom is -0.480 e. The van der Waals surface area contributed by atoms with E-state index in [1.165, 1.54) is 23.6 Å². The quantitative estimate of drug-likeness (QED) is 0.395. The fourth-order valence-electron chi connectivity index (χ4n) is 2.67. The molecule has 0 aromatic heterocycles. The summed E-state index contributed by atoms with van der Waals surface area (Å²) < 4.78 is 0. The van der Waals surface area contributed by atoms with Crippen LogP contribution >= 0.6 is 11.8 Å². The maximum atomic E-state index is 12.5. The van der Waals surface area contributed by atoms with Crippen LogP contribution in [0, 0.1) is 0 Å². The lowest BCUT2D eigenvalue weighted by atomic mass is 10.1. The average molecular weight is 374 g/mol. The first-order valence-electron chi connectivity index (χ1n) is 8.13. The SMILES string of the molecule is CSCCC(NC(=O)C1CCCN1C(=O)C(C)NC(=O)CN)C(=O)O. The van der Waals surface area contributed by atoms with Crippen molar-refractivity contribution in [2.75, 3.05) is 25.1 Å². The second kappa shape index (κ2) is 10.2. The number of amides is 3. The number of nitrogens with two attached hydrogens (primary N) is 1. The average Bonchev–Trinajstić information content (AvgIpc) is 3.06. The molecule has 0 aliphatic carbocycles. The third-order valence-electron chi connectivity index (χ3n) is 4.00. The fraction of sp³-hybridized carbons (Fsp3) is 0.733. The van der Waals surface area contributed by atoms with Crippen molar-refractivity contribution in [2.24, 2.45) is 5.73 Å². The van der Waals surface area contributed by atoms with Crippen LogP contribution in [0.2, 0.25) is 0 Å². The molecular weight excluding hydrogens is 348 g/mol. The number of likely N-dealkylation sites (tertiary alicyclic amines) is 1. The smallest absolute Gasteiger partial charge is 0.326 e. The van der Waals surface area contributed by atoms with Gasteiger partial charge in [-0.25, -0.2) is 4.79 Å². The minimum atomic E-state index is -1.10. The van der Waals surface area contributed by atoms with Gasteiger partial charge in [0, 0.05) is 6.54 Å². The molecule has 10 heteroatoms. The normalized spacial score (nSPS) is 19.2. The zero-order valence-electron chi connectivity index (χ0n) is 14.5. The molecule has 3 unspecified atom stereocenters. The maximum absolute atomic E-state index is 12.5. The molecule has 1 heterocycles. The Balaban J connectivity index is 2.71. The summed E-state index contributed by atoms with van der Waals surface area (Å²) in [5, 5.41) is 14.2.